The molecule has 5 aromatic rings. The van der Waals surface area contributed by atoms with Crippen LogP contribution in [0.15, 0.2) is 155 Å². The number of hydrogen-bond acceptors (Lipinski definition) is 9. The van der Waals surface area contributed by atoms with Gasteiger partial charge in [0.15, 0.2) is 0 Å². The second-order valence-electron chi connectivity index (χ2n) is 15.4. The zero-order chi connectivity index (χ0) is 42.7. The van der Waals surface area contributed by atoms with E-state index in [1.54, 1.807) is 28.4 Å². The highest BCUT2D eigenvalue weighted by atomic mass is 16.5. The standard InChI is InChI=1S/C52H44N6O4/c1-59-35-13-5-31(6-14-35)47-41-21-22-42(55-41)48(32-7-15-36(60-2)16-8-32)44-24-26-46(57-44)50(34-11-19-38(62-4)20-12-34)52-40(28-30-54)39(27-29-53)51(58-52)49(45-25-23-43(47)56-45)33-9-17-37(61-3)18-10-33/h5-26,39-40,51-52,55,58H,27-28H2,1-4H3/b47-41-,48-42-,49-45-,50-46-. The van der Waals surface area contributed by atoms with Crippen molar-refractivity contribution in [2.24, 2.45) is 21.8 Å². The zero-order valence-electron chi connectivity index (χ0n) is 34.8. The fourth-order valence-corrected chi connectivity index (χ4v) is 9.18. The molecule has 306 valence electrons. The molecule has 1 fully saturated rings. The largest absolute Gasteiger partial charge is 0.497 e. The molecule has 4 atom stereocenters. The van der Waals surface area contributed by atoms with Crippen molar-refractivity contribution < 1.29 is 18.9 Å². The number of aromatic amines is 1. The molecule has 0 amide bonds. The summed E-state index contributed by atoms with van der Waals surface area (Å²) in [7, 11) is 6.62. The number of rotatable bonds is 10. The molecule has 0 aliphatic carbocycles. The van der Waals surface area contributed by atoms with Crippen LogP contribution in [0.5, 0.6) is 23.0 Å². The van der Waals surface area contributed by atoms with E-state index in [9.17, 15) is 10.5 Å². The number of nitrogens with zero attached hydrogens (tertiary/aromatic N) is 4. The predicted octanol–water partition coefficient (Wildman–Crippen LogP) is 7.71. The van der Waals surface area contributed by atoms with E-state index in [1.807, 2.05) is 97.1 Å². The summed E-state index contributed by atoms with van der Waals surface area (Å²) in [6.45, 7) is 0. The first-order valence-electron chi connectivity index (χ1n) is 20.5. The highest BCUT2D eigenvalue weighted by Crippen LogP contribution is 2.46. The first-order chi connectivity index (χ1) is 30.4. The molecule has 1 saturated heterocycles. The summed E-state index contributed by atoms with van der Waals surface area (Å²) in [5.74, 6) is 2.41. The zero-order valence-corrected chi connectivity index (χ0v) is 34.8. The van der Waals surface area contributed by atoms with E-state index in [-0.39, 0.29) is 36.8 Å². The Balaban J connectivity index is 1.40. The molecule has 62 heavy (non-hydrogen) atoms. The van der Waals surface area contributed by atoms with Gasteiger partial charge in [0.1, 0.15) is 23.0 Å². The highest BCUT2D eigenvalue weighted by Gasteiger charge is 2.47. The minimum absolute atomic E-state index is 0.215. The Morgan fingerprint density at radius 1 is 0.468 bits per heavy atom. The normalized spacial score (nSPS) is 24.2. The van der Waals surface area contributed by atoms with Crippen molar-refractivity contribution >= 4 is 33.7 Å². The van der Waals surface area contributed by atoms with E-state index < -0.39 is 0 Å². The maximum Gasteiger partial charge on any atom is 0.118 e. The molecule has 4 aliphatic rings. The number of fused-ring (bicyclic) bond motifs is 6. The van der Waals surface area contributed by atoms with Gasteiger partial charge in [-0.3, -0.25) is 0 Å². The molecule has 4 aromatic carbocycles. The lowest BCUT2D eigenvalue weighted by Gasteiger charge is -2.25. The number of hydrogen-bond donors (Lipinski definition) is 2. The van der Waals surface area contributed by atoms with Crippen molar-refractivity contribution in [2.75, 3.05) is 28.4 Å². The molecule has 1 aromatic heterocycles. The van der Waals surface area contributed by atoms with Gasteiger partial charge < -0.3 is 29.2 Å². The Kier molecular flexibility index (Phi) is 11.0. The minimum atomic E-state index is -0.382. The lowest BCUT2D eigenvalue weighted by molar-refractivity contribution is 0.390. The molecular formula is C52H44N6O4. The van der Waals surface area contributed by atoms with Crippen LogP contribution in [-0.2, 0) is 0 Å². The van der Waals surface area contributed by atoms with Crippen LogP contribution >= 0.6 is 0 Å². The van der Waals surface area contributed by atoms with Crippen molar-refractivity contribution in [1.82, 2.24) is 10.3 Å². The van der Waals surface area contributed by atoms with E-state index in [2.05, 4.69) is 58.9 Å². The number of methoxy groups -OCH3 is 4. The molecule has 4 aliphatic heterocycles. The summed E-state index contributed by atoms with van der Waals surface area (Å²) in [5, 5.41) is 26.8. The summed E-state index contributed by atoms with van der Waals surface area (Å²) in [6, 6.07) is 40.4. The predicted molar refractivity (Wildman–Crippen MR) is 242 cm³/mol. The van der Waals surface area contributed by atoms with Gasteiger partial charge in [-0.25, -0.2) is 9.98 Å². The lowest BCUT2D eigenvalue weighted by Crippen LogP contribution is -2.34. The maximum atomic E-state index is 10.5. The van der Waals surface area contributed by atoms with Gasteiger partial charge in [-0.2, -0.15) is 10.5 Å². The molecule has 10 nitrogen and oxygen atoms in total. The number of aliphatic imine (C=N–C) groups is 2. The summed E-state index contributed by atoms with van der Waals surface area (Å²) < 4.78 is 22.3. The highest BCUT2D eigenvalue weighted by molar-refractivity contribution is 6.31. The Bertz CT molecular complexity index is 2740. The number of allylic oxidation sites excluding steroid dienone is 4. The molecule has 5 heterocycles. The van der Waals surface area contributed by atoms with Gasteiger partial charge in [-0.15, -0.1) is 0 Å². The van der Waals surface area contributed by atoms with Crippen LogP contribution < -0.4 is 35.0 Å². The van der Waals surface area contributed by atoms with E-state index in [4.69, 9.17) is 28.9 Å². The molecule has 9 rings (SSSR count). The van der Waals surface area contributed by atoms with Crippen molar-refractivity contribution in [3.63, 3.8) is 0 Å². The SMILES string of the molecule is COc1ccc(/C2=C3\C=CC(=N3)/C(c3ccc(OC)cc3)=c3/cc/c([nH]3)=C(\c3ccc(OC)cc3)C3=N/C(=C(/c4ccc(OC)cc4)C4NC2C(CC#N)C4CC#N)C=C3)cc1. The van der Waals surface area contributed by atoms with Crippen molar-refractivity contribution in [3.05, 3.63) is 178 Å². The Labute approximate surface area is 360 Å². The molecule has 0 saturated carbocycles. The van der Waals surface area contributed by atoms with Crippen LogP contribution in [0.1, 0.15) is 35.1 Å². The summed E-state index contributed by atoms with van der Waals surface area (Å²) >= 11 is 0. The van der Waals surface area contributed by atoms with Crippen LogP contribution in [-0.4, -0.2) is 56.9 Å². The van der Waals surface area contributed by atoms with Crippen molar-refractivity contribution in [2.45, 2.75) is 24.9 Å². The van der Waals surface area contributed by atoms with Crippen LogP contribution in [0.2, 0.25) is 0 Å². The average Bonchev–Trinajstić information content (AvgIpc) is 4.15. The number of ether oxygens (including phenoxy) is 4. The Morgan fingerprint density at radius 3 is 1.13 bits per heavy atom. The number of nitrogens with one attached hydrogen (secondary N) is 2. The first kappa shape index (κ1) is 39.8. The molecule has 10 heteroatoms. The number of benzene rings is 4. The topological polar surface area (TPSA) is 137 Å². The molecule has 4 unspecified atom stereocenters. The Hall–Kier alpha value is -7.66. The maximum absolute atomic E-state index is 10.5. The van der Waals surface area contributed by atoms with Crippen LogP contribution in [0, 0.1) is 34.5 Å². The summed E-state index contributed by atoms with van der Waals surface area (Å²) in [5.41, 5.74) is 10.5. The molecular weight excluding hydrogens is 773 g/mol. The molecule has 0 radical (unpaired) electrons. The fraction of sp³-hybridized carbons (Fsp3) is 0.192. The van der Waals surface area contributed by atoms with E-state index in [0.29, 0.717) is 0 Å². The second kappa shape index (κ2) is 17.1. The van der Waals surface area contributed by atoms with E-state index >= 15 is 0 Å². The molecule has 8 bridgehead atoms. The third-order valence-corrected chi connectivity index (χ3v) is 12.2. The smallest absolute Gasteiger partial charge is 0.118 e. The summed E-state index contributed by atoms with van der Waals surface area (Å²) in [4.78, 5) is 14.7. The number of nitriles is 2. The van der Waals surface area contributed by atoms with E-state index in [0.717, 1.165) is 101 Å². The Morgan fingerprint density at radius 2 is 0.806 bits per heavy atom. The van der Waals surface area contributed by atoms with Gasteiger partial charge >= 0.3 is 0 Å². The van der Waals surface area contributed by atoms with Gasteiger partial charge in [0.2, 0.25) is 0 Å². The second-order valence-corrected chi connectivity index (χ2v) is 15.4. The van der Waals surface area contributed by atoms with Crippen LogP contribution in [0.4, 0.5) is 0 Å². The molecule has 0 spiro atoms. The number of H-pyrrole nitrogens is 1. The van der Waals surface area contributed by atoms with Gasteiger partial charge in [0, 0.05) is 57.9 Å². The third kappa shape index (κ3) is 7.31. The van der Waals surface area contributed by atoms with Gasteiger partial charge in [-0.05, 0) is 119 Å². The minimum Gasteiger partial charge on any atom is -0.497 e. The van der Waals surface area contributed by atoms with Crippen molar-refractivity contribution in [3.8, 4) is 35.1 Å². The lowest BCUT2D eigenvalue weighted by atomic mass is 9.76. The van der Waals surface area contributed by atoms with Gasteiger partial charge in [-0.1, -0.05) is 48.5 Å². The van der Waals surface area contributed by atoms with E-state index in [1.165, 1.54) is 0 Å². The average molecular weight is 817 g/mol. The van der Waals surface area contributed by atoms with Gasteiger partial charge in [0.25, 0.3) is 0 Å². The van der Waals surface area contributed by atoms with Crippen molar-refractivity contribution in [1.29, 1.82) is 10.5 Å². The quantitative estimate of drug-likeness (QED) is 0.147. The van der Waals surface area contributed by atoms with Crippen LogP contribution in [0.25, 0.3) is 22.3 Å². The monoisotopic (exact) mass is 816 g/mol. The fourth-order valence-electron chi connectivity index (χ4n) is 9.18. The summed E-state index contributed by atoms with van der Waals surface area (Å²) in [6.07, 6.45) is 8.67. The first-order valence-corrected chi connectivity index (χ1v) is 20.5. The number of aromatic nitrogens is 1. The van der Waals surface area contributed by atoms with Gasteiger partial charge in [0.05, 0.1) is 63.4 Å². The third-order valence-electron chi connectivity index (χ3n) is 12.2. The van der Waals surface area contributed by atoms with Crippen LogP contribution in [0.3, 0.4) is 0 Å². The molecule has 2 N–H and O–H groups in total.